The zero-order valence-electron chi connectivity index (χ0n) is 18.2. The third-order valence-electron chi connectivity index (χ3n) is 9.40. The van der Waals surface area contributed by atoms with Gasteiger partial charge in [0.1, 0.15) is 0 Å². The number of carbonyl (C=O) groups is 2. The summed E-state index contributed by atoms with van der Waals surface area (Å²) in [6.07, 6.45) is 12.4. The SMILES string of the molecule is CCCC1OC2CC3C4CCC5=CC(=O)C=CC5(C)C4CCC3(C)C2(C(C)=O)O1. The van der Waals surface area contributed by atoms with Gasteiger partial charge in [-0.3, -0.25) is 9.59 Å². The first kappa shape index (κ1) is 19.7. The Bertz CT molecular complexity index is 812. The summed E-state index contributed by atoms with van der Waals surface area (Å²) in [4.78, 5) is 25.0. The molecule has 4 fully saturated rings. The van der Waals surface area contributed by atoms with Crippen LogP contribution in [0.4, 0.5) is 0 Å². The molecule has 0 bridgehead atoms. The molecule has 0 amide bonds. The lowest BCUT2D eigenvalue weighted by molar-refractivity contribution is -0.182. The van der Waals surface area contributed by atoms with E-state index in [0.29, 0.717) is 17.8 Å². The minimum atomic E-state index is -0.780. The Morgan fingerprint density at radius 2 is 2.03 bits per heavy atom. The van der Waals surface area contributed by atoms with Crippen molar-refractivity contribution in [3.05, 3.63) is 23.8 Å². The number of fused-ring (bicyclic) bond motifs is 7. The quantitative estimate of drug-likeness (QED) is 0.687. The Labute approximate surface area is 174 Å². The van der Waals surface area contributed by atoms with Crippen molar-refractivity contribution in [3.8, 4) is 0 Å². The van der Waals surface area contributed by atoms with E-state index in [1.54, 1.807) is 13.0 Å². The molecule has 4 aliphatic carbocycles. The van der Waals surface area contributed by atoms with Crippen molar-refractivity contribution in [2.45, 2.75) is 90.6 Å². The highest BCUT2D eigenvalue weighted by Gasteiger charge is 2.73. The van der Waals surface area contributed by atoms with E-state index in [9.17, 15) is 9.59 Å². The second kappa shape index (κ2) is 6.37. The van der Waals surface area contributed by atoms with E-state index < -0.39 is 5.60 Å². The van der Waals surface area contributed by atoms with E-state index in [1.807, 2.05) is 6.08 Å². The summed E-state index contributed by atoms with van der Waals surface area (Å²) >= 11 is 0. The first-order chi connectivity index (χ1) is 13.8. The summed E-state index contributed by atoms with van der Waals surface area (Å²) in [5, 5.41) is 0. The number of allylic oxidation sites excluding steroid dienone is 4. The van der Waals surface area contributed by atoms with Crippen LogP contribution in [0.1, 0.15) is 72.6 Å². The van der Waals surface area contributed by atoms with Gasteiger partial charge in [0.15, 0.2) is 23.5 Å². The fourth-order valence-corrected chi connectivity index (χ4v) is 8.03. The molecule has 0 aromatic heterocycles. The maximum atomic E-state index is 13.1. The average molecular weight is 399 g/mol. The van der Waals surface area contributed by atoms with Gasteiger partial charge in [0, 0.05) is 10.8 Å². The van der Waals surface area contributed by atoms with E-state index in [4.69, 9.17) is 9.47 Å². The summed E-state index contributed by atoms with van der Waals surface area (Å²) in [6, 6.07) is 0. The zero-order chi connectivity index (χ0) is 20.6. The van der Waals surface area contributed by atoms with Crippen molar-refractivity contribution in [1.82, 2.24) is 0 Å². The number of ether oxygens (including phenoxy) is 2. The highest BCUT2D eigenvalue weighted by atomic mass is 16.7. The van der Waals surface area contributed by atoms with Gasteiger partial charge in [-0.1, -0.05) is 38.8 Å². The van der Waals surface area contributed by atoms with Crippen molar-refractivity contribution >= 4 is 11.6 Å². The summed E-state index contributed by atoms with van der Waals surface area (Å²) in [5.41, 5.74) is 0.340. The van der Waals surface area contributed by atoms with Crippen molar-refractivity contribution in [3.63, 3.8) is 0 Å². The number of hydrogen-bond donors (Lipinski definition) is 0. The molecule has 0 aromatic rings. The van der Waals surface area contributed by atoms with Crippen LogP contribution in [0, 0.1) is 28.6 Å². The maximum absolute atomic E-state index is 13.1. The molecule has 5 aliphatic rings. The fraction of sp³-hybridized carbons (Fsp3) is 0.760. The molecule has 0 radical (unpaired) electrons. The largest absolute Gasteiger partial charge is 0.346 e. The highest BCUT2D eigenvalue weighted by Crippen LogP contribution is 2.69. The molecule has 4 heteroatoms. The van der Waals surface area contributed by atoms with Gasteiger partial charge in [-0.15, -0.1) is 0 Å². The normalized spacial score (nSPS) is 50.4. The number of carbonyl (C=O) groups excluding carboxylic acids is 2. The second-order valence-electron chi connectivity index (χ2n) is 10.5. The van der Waals surface area contributed by atoms with E-state index in [1.165, 1.54) is 5.57 Å². The van der Waals surface area contributed by atoms with Crippen LogP contribution in [0.3, 0.4) is 0 Å². The monoisotopic (exact) mass is 398 g/mol. The number of hydrogen-bond acceptors (Lipinski definition) is 4. The lowest BCUT2D eigenvalue weighted by atomic mass is 9.47. The van der Waals surface area contributed by atoms with Crippen LogP contribution in [0.2, 0.25) is 0 Å². The summed E-state index contributed by atoms with van der Waals surface area (Å²) < 4.78 is 12.9. The van der Waals surface area contributed by atoms with Crippen LogP contribution in [0.15, 0.2) is 23.8 Å². The third kappa shape index (κ3) is 2.39. The van der Waals surface area contributed by atoms with Crippen LogP contribution in [-0.2, 0) is 19.1 Å². The molecule has 1 saturated heterocycles. The van der Waals surface area contributed by atoms with Crippen LogP contribution < -0.4 is 0 Å². The van der Waals surface area contributed by atoms with Gasteiger partial charge in [0.05, 0.1) is 6.10 Å². The predicted octanol–water partition coefficient (Wildman–Crippen LogP) is 4.77. The van der Waals surface area contributed by atoms with Crippen LogP contribution in [0.5, 0.6) is 0 Å². The second-order valence-corrected chi connectivity index (χ2v) is 10.5. The van der Waals surface area contributed by atoms with Crippen molar-refractivity contribution in [2.24, 2.45) is 28.6 Å². The van der Waals surface area contributed by atoms with E-state index in [0.717, 1.165) is 44.9 Å². The number of rotatable bonds is 3. The van der Waals surface area contributed by atoms with E-state index in [-0.39, 0.29) is 34.8 Å². The predicted molar refractivity (Wildman–Crippen MR) is 110 cm³/mol. The maximum Gasteiger partial charge on any atom is 0.178 e. The first-order valence-corrected chi connectivity index (χ1v) is 11.5. The van der Waals surface area contributed by atoms with Gasteiger partial charge in [-0.2, -0.15) is 0 Å². The molecule has 3 saturated carbocycles. The molecule has 1 heterocycles. The van der Waals surface area contributed by atoms with Crippen LogP contribution in [0.25, 0.3) is 0 Å². The van der Waals surface area contributed by atoms with Crippen LogP contribution >= 0.6 is 0 Å². The van der Waals surface area contributed by atoms with Gasteiger partial charge in [-0.25, -0.2) is 0 Å². The Morgan fingerprint density at radius 1 is 1.24 bits per heavy atom. The molecule has 8 unspecified atom stereocenters. The molecule has 29 heavy (non-hydrogen) atoms. The van der Waals surface area contributed by atoms with Gasteiger partial charge in [-0.05, 0) is 75.4 Å². The third-order valence-corrected chi connectivity index (χ3v) is 9.40. The van der Waals surface area contributed by atoms with Gasteiger partial charge in [0.2, 0.25) is 0 Å². The van der Waals surface area contributed by atoms with Crippen molar-refractivity contribution < 1.29 is 19.1 Å². The minimum Gasteiger partial charge on any atom is -0.346 e. The van der Waals surface area contributed by atoms with E-state index in [2.05, 4.69) is 26.8 Å². The minimum absolute atomic E-state index is 0.0221. The lowest BCUT2D eigenvalue weighted by Gasteiger charge is -2.58. The Morgan fingerprint density at radius 3 is 2.76 bits per heavy atom. The Kier molecular flexibility index (Phi) is 4.32. The molecule has 8 atom stereocenters. The van der Waals surface area contributed by atoms with Gasteiger partial charge in [0.25, 0.3) is 0 Å². The standard InChI is InChI=1S/C25H34O4/c1-5-6-22-28-21-14-20-18-8-7-16-13-17(27)9-11-23(16,3)19(18)10-12-24(20,4)25(21,29-22)15(2)26/h9,11,13,18-22H,5-8,10,12,14H2,1-4H3. The highest BCUT2D eigenvalue weighted by molar-refractivity contribution is 6.01. The van der Waals surface area contributed by atoms with Crippen LogP contribution in [-0.4, -0.2) is 29.6 Å². The summed E-state index contributed by atoms with van der Waals surface area (Å²) in [6.45, 7) is 8.47. The lowest BCUT2D eigenvalue weighted by Crippen LogP contribution is -2.59. The molecule has 158 valence electrons. The number of Topliss-reactive ketones (excluding diaryl/α,β-unsaturated/α-hetero) is 1. The zero-order valence-corrected chi connectivity index (χ0v) is 18.2. The molecule has 4 nitrogen and oxygen atoms in total. The van der Waals surface area contributed by atoms with Gasteiger partial charge >= 0.3 is 0 Å². The fourth-order valence-electron chi connectivity index (χ4n) is 8.03. The molecule has 0 spiro atoms. The molecule has 1 aliphatic heterocycles. The molecular weight excluding hydrogens is 364 g/mol. The Balaban J connectivity index is 1.51. The van der Waals surface area contributed by atoms with Gasteiger partial charge < -0.3 is 9.47 Å². The molecular formula is C25H34O4. The first-order valence-electron chi connectivity index (χ1n) is 11.5. The van der Waals surface area contributed by atoms with E-state index >= 15 is 0 Å². The Hall–Kier alpha value is -1.26. The topological polar surface area (TPSA) is 52.6 Å². The number of ketones is 2. The summed E-state index contributed by atoms with van der Waals surface area (Å²) in [7, 11) is 0. The average Bonchev–Trinajstić information content (AvgIpc) is 3.15. The molecule has 0 N–H and O–H groups in total. The van der Waals surface area contributed by atoms with Crippen molar-refractivity contribution in [2.75, 3.05) is 0 Å². The molecule has 5 rings (SSSR count). The molecule has 0 aromatic carbocycles. The van der Waals surface area contributed by atoms with Crippen molar-refractivity contribution in [1.29, 1.82) is 0 Å². The summed E-state index contributed by atoms with van der Waals surface area (Å²) in [5.74, 6) is 1.79. The smallest absolute Gasteiger partial charge is 0.178 e.